The quantitative estimate of drug-likeness (QED) is 0.435. The fourth-order valence-electron chi connectivity index (χ4n) is 3.82. The second kappa shape index (κ2) is 8.33. The highest BCUT2D eigenvalue weighted by Crippen LogP contribution is 2.36. The summed E-state index contributed by atoms with van der Waals surface area (Å²) in [5, 5.41) is 5.55. The van der Waals surface area contributed by atoms with Crippen LogP contribution in [0.1, 0.15) is 46.5 Å². The maximum absolute atomic E-state index is 12.8. The Hall–Kier alpha value is -3.10. The number of esters is 1. The predicted molar refractivity (Wildman–Crippen MR) is 110 cm³/mol. The number of rotatable bonds is 5. The number of carbonyl (C=O) groups is 4. The van der Waals surface area contributed by atoms with Gasteiger partial charge in [0.15, 0.2) is 0 Å². The average molecular weight is 416 g/mol. The van der Waals surface area contributed by atoms with Gasteiger partial charge in [-0.1, -0.05) is 12.8 Å². The lowest BCUT2D eigenvalue weighted by Gasteiger charge is -2.23. The standard InChI is InChI=1S/C21H28N4O5/c1-13(2)22-19(28)24(4)15-7-9-16(10-8-15)30-17(26)14(3)25-18(27)21(23-20(25)29)11-5-6-12-21/h7-10,13-14H,5-6,11-12H2,1-4H3,(H,22,28)(H,23,29). The molecule has 0 radical (unpaired) electrons. The molecule has 1 heterocycles. The third kappa shape index (κ3) is 4.10. The van der Waals surface area contributed by atoms with Gasteiger partial charge in [-0.05, 0) is 57.9 Å². The largest absolute Gasteiger partial charge is 0.425 e. The summed E-state index contributed by atoms with van der Waals surface area (Å²) in [4.78, 5) is 52.2. The molecule has 1 aromatic carbocycles. The van der Waals surface area contributed by atoms with E-state index in [1.54, 1.807) is 31.3 Å². The molecule has 1 unspecified atom stereocenters. The number of benzene rings is 1. The molecule has 0 bridgehead atoms. The summed E-state index contributed by atoms with van der Waals surface area (Å²) in [7, 11) is 1.64. The monoisotopic (exact) mass is 416 g/mol. The summed E-state index contributed by atoms with van der Waals surface area (Å²) in [5.74, 6) is -0.800. The zero-order valence-corrected chi connectivity index (χ0v) is 17.7. The average Bonchev–Trinajstić information content (AvgIpc) is 3.25. The van der Waals surface area contributed by atoms with Crippen molar-refractivity contribution >= 4 is 29.6 Å². The summed E-state index contributed by atoms with van der Waals surface area (Å²) in [6.07, 6.45) is 2.92. The molecule has 1 saturated carbocycles. The summed E-state index contributed by atoms with van der Waals surface area (Å²) in [5.41, 5.74) is -0.243. The van der Waals surface area contributed by atoms with Crippen LogP contribution >= 0.6 is 0 Å². The number of nitrogens with one attached hydrogen (secondary N) is 2. The van der Waals surface area contributed by atoms with Crippen molar-refractivity contribution in [1.29, 1.82) is 0 Å². The number of imide groups is 1. The van der Waals surface area contributed by atoms with Gasteiger partial charge >= 0.3 is 18.0 Å². The fraction of sp³-hybridized carbons (Fsp3) is 0.524. The molecule has 1 aromatic rings. The van der Waals surface area contributed by atoms with Gasteiger partial charge in [-0.2, -0.15) is 0 Å². The Morgan fingerprint density at radius 1 is 1.13 bits per heavy atom. The predicted octanol–water partition coefficient (Wildman–Crippen LogP) is 2.40. The van der Waals surface area contributed by atoms with E-state index in [0.29, 0.717) is 18.5 Å². The molecule has 5 amide bonds. The van der Waals surface area contributed by atoms with Crippen LogP contribution in [0.4, 0.5) is 15.3 Å². The van der Waals surface area contributed by atoms with Crippen LogP contribution < -0.4 is 20.3 Å². The fourth-order valence-corrected chi connectivity index (χ4v) is 3.82. The van der Waals surface area contributed by atoms with E-state index in [-0.39, 0.29) is 23.7 Å². The van der Waals surface area contributed by atoms with Gasteiger partial charge in [0.25, 0.3) is 5.91 Å². The molecule has 1 aliphatic carbocycles. The summed E-state index contributed by atoms with van der Waals surface area (Å²) in [6, 6.07) is 4.57. The number of hydrogen-bond donors (Lipinski definition) is 2. The molecule has 9 nitrogen and oxygen atoms in total. The molecule has 1 aliphatic heterocycles. The summed E-state index contributed by atoms with van der Waals surface area (Å²) < 4.78 is 5.36. The molecular weight excluding hydrogens is 388 g/mol. The Kier molecular flexibility index (Phi) is 6.00. The van der Waals surface area contributed by atoms with E-state index in [9.17, 15) is 19.2 Å². The van der Waals surface area contributed by atoms with Crippen LogP contribution in [-0.2, 0) is 9.59 Å². The number of amides is 5. The highest BCUT2D eigenvalue weighted by atomic mass is 16.5. The van der Waals surface area contributed by atoms with Crippen LogP contribution in [0.25, 0.3) is 0 Å². The Bertz CT molecular complexity index is 845. The molecule has 0 aromatic heterocycles. The minimum Gasteiger partial charge on any atom is -0.425 e. The Morgan fingerprint density at radius 3 is 2.30 bits per heavy atom. The van der Waals surface area contributed by atoms with Gasteiger partial charge in [0.05, 0.1) is 0 Å². The molecule has 1 saturated heterocycles. The van der Waals surface area contributed by atoms with Crippen molar-refractivity contribution in [3.05, 3.63) is 24.3 Å². The van der Waals surface area contributed by atoms with Gasteiger partial charge in [0.2, 0.25) is 0 Å². The first-order valence-corrected chi connectivity index (χ1v) is 10.2. The van der Waals surface area contributed by atoms with Crippen LogP contribution in [0.2, 0.25) is 0 Å². The molecule has 162 valence electrons. The topological polar surface area (TPSA) is 108 Å². The molecule has 1 spiro atoms. The third-order valence-electron chi connectivity index (χ3n) is 5.54. The third-order valence-corrected chi connectivity index (χ3v) is 5.54. The minimum absolute atomic E-state index is 0.00975. The van der Waals surface area contributed by atoms with Gasteiger partial charge in [0.1, 0.15) is 17.3 Å². The minimum atomic E-state index is -1.04. The van der Waals surface area contributed by atoms with Crippen molar-refractivity contribution in [2.45, 2.75) is 64.1 Å². The van der Waals surface area contributed by atoms with Crippen LogP contribution in [-0.4, -0.2) is 53.5 Å². The first kappa shape index (κ1) is 21.6. The summed E-state index contributed by atoms with van der Waals surface area (Å²) in [6.45, 7) is 5.22. The second-order valence-corrected chi connectivity index (χ2v) is 8.15. The van der Waals surface area contributed by atoms with Crippen LogP contribution in [0, 0.1) is 0 Å². The van der Waals surface area contributed by atoms with Crippen molar-refractivity contribution in [1.82, 2.24) is 15.5 Å². The van der Waals surface area contributed by atoms with Crippen molar-refractivity contribution < 1.29 is 23.9 Å². The molecule has 3 rings (SSSR count). The number of hydrogen-bond acceptors (Lipinski definition) is 5. The van der Waals surface area contributed by atoms with Crippen molar-refractivity contribution in [3.63, 3.8) is 0 Å². The normalized spacial score (nSPS) is 18.5. The number of ether oxygens (including phenoxy) is 1. The molecular formula is C21H28N4O5. The Morgan fingerprint density at radius 2 is 1.73 bits per heavy atom. The van der Waals surface area contributed by atoms with E-state index in [2.05, 4.69) is 10.6 Å². The maximum atomic E-state index is 12.8. The highest BCUT2D eigenvalue weighted by Gasteiger charge is 2.54. The lowest BCUT2D eigenvalue weighted by Crippen LogP contribution is -2.47. The van der Waals surface area contributed by atoms with Crippen LogP contribution in [0.15, 0.2) is 24.3 Å². The number of anilines is 1. The summed E-state index contributed by atoms with van der Waals surface area (Å²) >= 11 is 0. The van der Waals surface area contributed by atoms with E-state index in [1.807, 2.05) is 13.8 Å². The number of carbonyl (C=O) groups excluding carboxylic acids is 4. The molecule has 2 aliphatic rings. The molecule has 1 atom stereocenters. The van der Waals surface area contributed by atoms with Crippen molar-refractivity contribution in [3.8, 4) is 5.75 Å². The lowest BCUT2D eigenvalue weighted by molar-refractivity contribution is -0.145. The molecule has 2 fully saturated rings. The van der Waals surface area contributed by atoms with E-state index >= 15 is 0 Å². The van der Waals surface area contributed by atoms with Gasteiger partial charge in [-0.15, -0.1) is 0 Å². The van der Waals surface area contributed by atoms with Gasteiger partial charge in [0, 0.05) is 18.8 Å². The zero-order chi connectivity index (χ0) is 22.1. The van der Waals surface area contributed by atoms with Crippen molar-refractivity contribution in [2.75, 3.05) is 11.9 Å². The molecule has 2 N–H and O–H groups in total. The van der Waals surface area contributed by atoms with Gasteiger partial charge in [-0.3, -0.25) is 9.69 Å². The second-order valence-electron chi connectivity index (χ2n) is 8.15. The smallest absolute Gasteiger partial charge is 0.334 e. The molecule has 9 heteroatoms. The Balaban J connectivity index is 1.64. The van der Waals surface area contributed by atoms with E-state index in [4.69, 9.17) is 4.74 Å². The van der Waals surface area contributed by atoms with E-state index in [1.165, 1.54) is 11.8 Å². The maximum Gasteiger partial charge on any atom is 0.334 e. The number of nitrogens with zero attached hydrogens (tertiary/aromatic N) is 2. The first-order valence-electron chi connectivity index (χ1n) is 10.2. The Labute approximate surface area is 175 Å². The van der Waals surface area contributed by atoms with Crippen LogP contribution in [0.5, 0.6) is 5.75 Å². The van der Waals surface area contributed by atoms with E-state index < -0.39 is 23.6 Å². The van der Waals surface area contributed by atoms with Gasteiger partial charge < -0.3 is 15.4 Å². The SMILES string of the molecule is CC(C)NC(=O)N(C)c1ccc(OC(=O)C(C)N2C(=O)NC3(CCCC3)C2=O)cc1. The highest BCUT2D eigenvalue weighted by molar-refractivity contribution is 6.09. The lowest BCUT2D eigenvalue weighted by atomic mass is 9.98. The first-order chi connectivity index (χ1) is 14.1. The number of urea groups is 2. The zero-order valence-electron chi connectivity index (χ0n) is 17.7. The van der Waals surface area contributed by atoms with Crippen LogP contribution in [0.3, 0.4) is 0 Å². The van der Waals surface area contributed by atoms with E-state index in [0.717, 1.165) is 17.7 Å². The van der Waals surface area contributed by atoms with Gasteiger partial charge in [-0.25, -0.2) is 19.3 Å². The van der Waals surface area contributed by atoms with Crippen molar-refractivity contribution in [2.24, 2.45) is 0 Å². The molecule has 30 heavy (non-hydrogen) atoms.